The summed E-state index contributed by atoms with van der Waals surface area (Å²) in [5.74, 6) is 2.42. The number of fused-ring (bicyclic) bond motifs is 1. The number of nitrogens with one attached hydrogen (secondary N) is 1. The van der Waals surface area contributed by atoms with E-state index in [0.717, 1.165) is 43.3 Å². The molecule has 0 spiro atoms. The molecule has 1 fully saturated rings. The van der Waals surface area contributed by atoms with Crippen LogP contribution in [0.15, 0.2) is 12.4 Å². The minimum absolute atomic E-state index is 0.0753. The van der Waals surface area contributed by atoms with Crippen molar-refractivity contribution < 1.29 is 4.74 Å². The van der Waals surface area contributed by atoms with Gasteiger partial charge < -0.3 is 14.6 Å². The van der Waals surface area contributed by atoms with E-state index < -0.39 is 0 Å². The van der Waals surface area contributed by atoms with E-state index in [4.69, 9.17) is 4.74 Å². The van der Waals surface area contributed by atoms with Crippen LogP contribution in [0.4, 0.5) is 0 Å². The first-order chi connectivity index (χ1) is 10.2. The van der Waals surface area contributed by atoms with Crippen LogP contribution in [0.2, 0.25) is 0 Å². The zero-order valence-electron chi connectivity index (χ0n) is 12.4. The van der Waals surface area contributed by atoms with Crippen LogP contribution in [0.5, 0.6) is 0 Å². The summed E-state index contributed by atoms with van der Waals surface area (Å²) in [7, 11) is 1.93. The van der Waals surface area contributed by atoms with Crippen LogP contribution < -0.4 is 5.32 Å². The Labute approximate surface area is 123 Å². The van der Waals surface area contributed by atoms with Crippen LogP contribution in [-0.2, 0) is 18.3 Å². The fourth-order valence-electron chi connectivity index (χ4n) is 3.38. The fourth-order valence-corrected chi connectivity index (χ4v) is 3.38. The first-order valence-corrected chi connectivity index (χ1v) is 7.50. The summed E-state index contributed by atoms with van der Waals surface area (Å²) in [6.45, 7) is 4.77. The van der Waals surface area contributed by atoms with Crippen LogP contribution in [-0.4, -0.2) is 43.8 Å². The van der Waals surface area contributed by atoms with Crippen LogP contribution in [0.1, 0.15) is 42.5 Å². The van der Waals surface area contributed by atoms with Gasteiger partial charge in [0.1, 0.15) is 5.82 Å². The van der Waals surface area contributed by atoms with E-state index in [0.29, 0.717) is 5.92 Å². The maximum atomic E-state index is 5.68. The maximum absolute atomic E-state index is 5.68. The molecule has 0 saturated carbocycles. The van der Waals surface area contributed by atoms with Gasteiger partial charge in [0, 0.05) is 44.4 Å². The second-order valence-corrected chi connectivity index (χ2v) is 5.87. The summed E-state index contributed by atoms with van der Waals surface area (Å²) in [6.07, 6.45) is 5.18. The summed E-state index contributed by atoms with van der Waals surface area (Å²) < 4.78 is 9.77. The first kappa shape index (κ1) is 13.0. The zero-order valence-corrected chi connectivity index (χ0v) is 12.4. The Hall–Kier alpha value is -1.73. The number of hydrogen-bond donors (Lipinski definition) is 1. The van der Waals surface area contributed by atoms with E-state index >= 15 is 0 Å². The van der Waals surface area contributed by atoms with Gasteiger partial charge in [-0.05, 0) is 13.3 Å². The smallest absolute Gasteiger partial charge is 0.154 e. The van der Waals surface area contributed by atoms with Crippen molar-refractivity contribution in [3.8, 4) is 0 Å². The lowest BCUT2D eigenvalue weighted by atomic mass is 10.0. The van der Waals surface area contributed by atoms with Crippen LogP contribution in [0.25, 0.3) is 0 Å². The third-order valence-corrected chi connectivity index (χ3v) is 4.52. The molecule has 112 valence electrons. The molecule has 2 aliphatic heterocycles. The van der Waals surface area contributed by atoms with Crippen molar-refractivity contribution in [3.05, 3.63) is 29.6 Å². The molecule has 21 heavy (non-hydrogen) atoms. The molecule has 0 bridgehead atoms. The number of rotatable bonds is 2. The van der Waals surface area contributed by atoms with Gasteiger partial charge in [0.15, 0.2) is 5.82 Å². The van der Waals surface area contributed by atoms with Gasteiger partial charge in [-0.1, -0.05) is 0 Å². The van der Waals surface area contributed by atoms with Crippen molar-refractivity contribution in [1.29, 1.82) is 0 Å². The van der Waals surface area contributed by atoms with Crippen molar-refractivity contribution in [2.24, 2.45) is 7.05 Å². The van der Waals surface area contributed by atoms with Crippen LogP contribution in [0, 0.1) is 0 Å². The lowest BCUT2D eigenvalue weighted by Crippen LogP contribution is -2.35. The standard InChI is InChI=1S/C14H20N6O/c1-9-11(3-6-21-9)13-17-18-14-12(15-4-5-20(13)14)10-7-16-19(2)8-10/h7-9,11-12,15H,3-6H2,1-2H3. The number of aromatic nitrogens is 5. The van der Waals surface area contributed by atoms with Gasteiger partial charge in [-0.2, -0.15) is 5.10 Å². The first-order valence-electron chi connectivity index (χ1n) is 7.50. The molecule has 3 unspecified atom stereocenters. The molecule has 3 atom stereocenters. The molecule has 4 rings (SSSR count). The predicted octanol–water partition coefficient (Wildman–Crippen LogP) is 0.597. The van der Waals surface area contributed by atoms with Gasteiger partial charge in [0.05, 0.1) is 18.3 Å². The number of ether oxygens (including phenoxy) is 1. The Kier molecular flexibility index (Phi) is 3.04. The number of nitrogens with zero attached hydrogens (tertiary/aromatic N) is 5. The molecule has 0 aromatic carbocycles. The van der Waals surface area contributed by atoms with Gasteiger partial charge >= 0.3 is 0 Å². The van der Waals surface area contributed by atoms with Crippen molar-refractivity contribution >= 4 is 0 Å². The molecule has 7 heteroatoms. The molecular weight excluding hydrogens is 268 g/mol. The monoisotopic (exact) mass is 288 g/mol. The van der Waals surface area contributed by atoms with Crippen molar-refractivity contribution in [1.82, 2.24) is 29.9 Å². The molecule has 0 amide bonds. The second-order valence-electron chi connectivity index (χ2n) is 5.87. The number of hydrogen-bond acceptors (Lipinski definition) is 5. The average Bonchev–Trinajstić information content (AvgIpc) is 3.17. The largest absolute Gasteiger partial charge is 0.378 e. The number of aryl methyl sites for hydroxylation is 1. The highest BCUT2D eigenvalue weighted by Gasteiger charge is 2.34. The summed E-state index contributed by atoms with van der Waals surface area (Å²) in [5, 5.41) is 16.7. The lowest BCUT2D eigenvalue weighted by molar-refractivity contribution is 0.116. The quantitative estimate of drug-likeness (QED) is 0.876. The normalized spacial score (nSPS) is 28.8. The molecule has 1 saturated heterocycles. The molecule has 1 N–H and O–H groups in total. The Bertz CT molecular complexity index is 648. The minimum atomic E-state index is 0.0753. The Morgan fingerprint density at radius 3 is 2.90 bits per heavy atom. The van der Waals surface area contributed by atoms with Crippen LogP contribution in [0.3, 0.4) is 0 Å². The molecule has 7 nitrogen and oxygen atoms in total. The Morgan fingerprint density at radius 2 is 2.19 bits per heavy atom. The molecule has 2 aliphatic rings. The van der Waals surface area contributed by atoms with E-state index in [1.165, 1.54) is 0 Å². The van der Waals surface area contributed by atoms with E-state index in [-0.39, 0.29) is 12.1 Å². The molecular formula is C14H20N6O. The van der Waals surface area contributed by atoms with Crippen molar-refractivity contribution in [2.75, 3.05) is 13.2 Å². The van der Waals surface area contributed by atoms with Gasteiger partial charge in [-0.15, -0.1) is 10.2 Å². The minimum Gasteiger partial charge on any atom is -0.378 e. The van der Waals surface area contributed by atoms with Crippen molar-refractivity contribution in [2.45, 2.75) is 38.0 Å². The Balaban J connectivity index is 1.71. The molecule has 2 aromatic heterocycles. The second kappa shape index (κ2) is 4.92. The van der Waals surface area contributed by atoms with E-state index in [1.54, 1.807) is 0 Å². The van der Waals surface area contributed by atoms with Gasteiger partial charge in [-0.3, -0.25) is 4.68 Å². The van der Waals surface area contributed by atoms with E-state index in [1.807, 2.05) is 24.1 Å². The van der Waals surface area contributed by atoms with Crippen LogP contribution >= 0.6 is 0 Å². The SMILES string of the molecule is CC1OCCC1c1nnc2n1CCNC2c1cnn(C)c1. The maximum Gasteiger partial charge on any atom is 0.154 e. The summed E-state index contributed by atoms with van der Waals surface area (Å²) in [4.78, 5) is 0. The third-order valence-electron chi connectivity index (χ3n) is 4.52. The lowest BCUT2D eigenvalue weighted by Gasteiger charge is -2.25. The summed E-state index contributed by atoms with van der Waals surface area (Å²) in [6, 6.07) is 0.0753. The van der Waals surface area contributed by atoms with Gasteiger partial charge in [0.25, 0.3) is 0 Å². The zero-order chi connectivity index (χ0) is 14.4. The Morgan fingerprint density at radius 1 is 1.33 bits per heavy atom. The van der Waals surface area contributed by atoms with Gasteiger partial charge in [-0.25, -0.2) is 0 Å². The van der Waals surface area contributed by atoms with E-state index in [9.17, 15) is 0 Å². The van der Waals surface area contributed by atoms with Gasteiger partial charge in [0.2, 0.25) is 0 Å². The molecule has 0 radical (unpaired) electrons. The third kappa shape index (κ3) is 2.08. The fraction of sp³-hybridized carbons (Fsp3) is 0.643. The highest BCUT2D eigenvalue weighted by atomic mass is 16.5. The summed E-state index contributed by atoms with van der Waals surface area (Å²) >= 11 is 0. The molecule has 0 aliphatic carbocycles. The predicted molar refractivity (Wildman–Crippen MR) is 75.8 cm³/mol. The average molecular weight is 288 g/mol. The molecule has 2 aromatic rings. The highest BCUT2D eigenvalue weighted by Crippen LogP contribution is 2.33. The summed E-state index contributed by atoms with van der Waals surface area (Å²) in [5.41, 5.74) is 1.13. The van der Waals surface area contributed by atoms with E-state index in [2.05, 4.69) is 32.1 Å². The topological polar surface area (TPSA) is 69.8 Å². The molecule has 4 heterocycles. The highest BCUT2D eigenvalue weighted by molar-refractivity contribution is 5.22. The van der Waals surface area contributed by atoms with Crippen molar-refractivity contribution in [3.63, 3.8) is 0 Å².